The van der Waals surface area contributed by atoms with Crippen LogP contribution in [0.2, 0.25) is 0 Å². The smallest absolute Gasteiger partial charge is 0.231 e. The molecule has 0 bridgehead atoms. The molecule has 0 spiro atoms. The Labute approximate surface area is 188 Å². The van der Waals surface area contributed by atoms with Crippen LogP contribution in [0.1, 0.15) is 36.9 Å². The van der Waals surface area contributed by atoms with Gasteiger partial charge in [-0.15, -0.1) is 0 Å². The molecule has 7 heteroatoms. The molecule has 1 aromatic heterocycles. The average Bonchev–Trinajstić information content (AvgIpc) is 3.46. The second-order valence-corrected chi connectivity index (χ2v) is 8.33. The van der Waals surface area contributed by atoms with Gasteiger partial charge in [0.15, 0.2) is 5.96 Å². The number of rotatable bonds is 8. The Morgan fingerprint density at radius 3 is 2.72 bits per heavy atom. The van der Waals surface area contributed by atoms with E-state index in [1.807, 2.05) is 55.5 Å². The predicted octanol–water partition coefficient (Wildman–Crippen LogP) is 4.65. The van der Waals surface area contributed by atoms with Gasteiger partial charge in [0.2, 0.25) is 5.88 Å². The average molecular weight is 436 g/mol. The third-order valence-electron chi connectivity index (χ3n) is 5.87. The van der Waals surface area contributed by atoms with Gasteiger partial charge in [0.05, 0.1) is 12.2 Å². The summed E-state index contributed by atoms with van der Waals surface area (Å²) in [5.74, 6) is 0.637. The van der Waals surface area contributed by atoms with Gasteiger partial charge in [0.25, 0.3) is 0 Å². The van der Waals surface area contributed by atoms with E-state index in [-0.39, 0.29) is 11.7 Å². The summed E-state index contributed by atoms with van der Waals surface area (Å²) in [6.07, 6.45) is 3.16. The number of hydrogen-bond acceptors (Lipinski definition) is 4. The van der Waals surface area contributed by atoms with Crippen molar-refractivity contribution in [2.24, 2.45) is 10.7 Å². The molecule has 0 aliphatic carbocycles. The number of anilines is 1. The summed E-state index contributed by atoms with van der Waals surface area (Å²) < 4.78 is 20.1. The molecule has 1 fully saturated rings. The van der Waals surface area contributed by atoms with E-state index in [0.29, 0.717) is 30.4 Å². The highest BCUT2D eigenvalue weighted by atomic mass is 19.1. The molecule has 0 amide bonds. The van der Waals surface area contributed by atoms with Crippen molar-refractivity contribution < 1.29 is 8.91 Å². The monoisotopic (exact) mass is 435 g/mol. The number of likely N-dealkylation sites (tertiary alicyclic amines) is 1. The van der Waals surface area contributed by atoms with Crippen molar-refractivity contribution in [2.45, 2.75) is 32.1 Å². The quantitative estimate of drug-likeness (QED) is 0.398. The Morgan fingerprint density at radius 1 is 1.19 bits per heavy atom. The normalized spacial score (nSPS) is 15.8. The number of nitrogens with zero attached hydrogens (tertiary/aromatic N) is 3. The summed E-state index contributed by atoms with van der Waals surface area (Å²) in [6.45, 7) is 5.91. The minimum atomic E-state index is -0.221. The van der Waals surface area contributed by atoms with Crippen LogP contribution in [0.4, 0.5) is 10.3 Å². The van der Waals surface area contributed by atoms with Gasteiger partial charge in [0, 0.05) is 18.2 Å². The van der Waals surface area contributed by atoms with Crippen LogP contribution < -0.4 is 11.1 Å². The Balaban J connectivity index is 1.32. The molecule has 2 heterocycles. The highest BCUT2D eigenvalue weighted by Gasteiger charge is 2.14. The molecule has 0 saturated carbocycles. The van der Waals surface area contributed by atoms with Gasteiger partial charge in [-0.25, -0.2) is 4.39 Å². The van der Waals surface area contributed by atoms with E-state index in [4.69, 9.17) is 10.3 Å². The van der Waals surface area contributed by atoms with E-state index in [1.165, 1.54) is 12.8 Å². The maximum atomic E-state index is 14.7. The number of aliphatic imine (C=N–C) groups is 1. The van der Waals surface area contributed by atoms with Crippen molar-refractivity contribution in [1.82, 2.24) is 10.1 Å². The molecule has 2 aromatic carbocycles. The van der Waals surface area contributed by atoms with Crippen molar-refractivity contribution in [3.8, 4) is 11.1 Å². The van der Waals surface area contributed by atoms with Gasteiger partial charge in [-0.1, -0.05) is 54.5 Å². The molecule has 168 valence electrons. The Kier molecular flexibility index (Phi) is 7.17. The molecule has 1 aliphatic rings. The van der Waals surface area contributed by atoms with Gasteiger partial charge >= 0.3 is 0 Å². The summed E-state index contributed by atoms with van der Waals surface area (Å²) in [6, 6.07) is 16.8. The molecule has 3 N–H and O–H groups in total. The first kappa shape index (κ1) is 22.0. The van der Waals surface area contributed by atoms with Crippen molar-refractivity contribution in [3.05, 3.63) is 71.7 Å². The zero-order valence-electron chi connectivity index (χ0n) is 18.4. The van der Waals surface area contributed by atoms with Gasteiger partial charge in [-0.2, -0.15) is 0 Å². The molecule has 3 aromatic rings. The predicted molar refractivity (Wildman–Crippen MR) is 126 cm³/mol. The minimum absolute atomic E-state index is 0.0822. The van der Waals surface area contributed by atoms with Crippen LogP contribution in [-0.4, -0.2) is 42.2 Å². The highest BCUT2D eigenvalue weighted by Crippen LogP contribution is 2.28. The largest absolute Gasteiger partial charge is 0.370 e. The van der Waals surface area contributed by atoms with E-state index in [1.54, 1.807) is 6.07 Å². The fourth-order valence-electron chi connectivity index (χ4n) is 4.07. The van der Waals surface area contributed by atoms with E-state index >= 15 is 0 Å². The molecule has 6 nitrogen and oxygen atoms in total. The van der Waals surface area contributed by atoms with Crippen molar-refractivity contribution in [2.75, 3.05) is 31.5 Å². The number of guanidine groups is 1. The van der Waals surface area contributed by atoms with Gasteiger partial charge in [0.1, 0.15) is 5.82 Å². The summed E-state index contributed by atoms with van der Waals surface area (Å²) in [4.78, 5) is 6.74. The van der Waals surface area contributed by atoms with Crippen molar-refractivity contribution >= 4 is 11.8 Å². The van der Waals surface area contributed by atoms with E-state index in [0.717, 1.165) is 36.5 Å². The van der Waals surface area contributed by atoms with Crippen LogP contribution in [0.25, 0.3) is 11.1 Å². The number of benzene rings is 2. The Bertz CT molecular complexity index is 1040. The lowest BCUT2D eigenvalue weighted by Gasteiger charge is -2.12. The lowest BCUT2D eigenvalue weighted by Crippen LogP contribution is -2.26. The van der Waals surface area contributed by atoms with Crippen LogP contribution >= 0.6 is 0 Å². The van der Waals surface area contributed by atoms with Gasteiger partial charge < -0.3 is 15.2 Å². The van der Waals surface area contributed by atoms with Crippen molar-refractivity contribution in [1.29, 1.82) is 0 Å². The van der Waals surface area contributed by atoms with E-state index in [2.05, 4.69) is 20.4 Å². The molecular weight excluding hydrogens is 405 g/mol. The standard InChI is InChI=1S/C25H30FN5O/c1-18(20-9-10-22(23(26)16-20)19-7-3-2-4-8-19)15-21-17-24(32-30-21)29-25(27)28-11-14-31-12-5-6-13-31/h2-4,7-10,16-18H,5-6,11-15H2,1H3,(H3,27,28,29). The lowest BCUT2D eigenvalue weighted by atomic mass is 9.94. The first-order valence-corrected chi connectivity index (χ1v) is 11.2. The topological polar surface area (TPSA) is 79.7 Å². The highest BCUT2D eigenvalue weighted by molar-refractivity contribution is 5.90. The first-order valence-electron chi connectivity index (χ1n) is 11.2. The fourth-order valence-corrected chi connectivity index (χ4v) is 4.07. The van der Waals surface area contributed by atoms with Crippen LogP contribution in [0.3, 0.4) is 0 Å². The van der Waals surface area contributed by atoms with Crippen molar-refractivity contribution in [3.63, 3.8) is 0 Å². The SMILES string of the molecule is CC(Cc1cc(NC(N)=NCCN2CCCC2)on1)c1ccc(-c2ccccc2)c(F)c1. The molecule has 0 radical (unpaired) electrons. The fraction of sp³-hybridized carbons (Fsp3) is 0.360. The molecule has 1 saturated heterocycles. The molecule has 1 atom stereocenters. The summed E-state index contributed by atoms with van der Waals surface area (Å²) in [5, 5.41) is 7.07. The minimum Gasteiger partial charge on any atom is -0.370 e. The number of nitrogens with two attached hydrogens (primary N) is 1. The summed E-state index contributed by atoms with van der Waals surface area (Å²) in [7, 11) is 0. The molecule has 4 rings (SSSR count). The maximum Gasteiger partial charge on any atom is 0.231 e. The lowest BCUT2D eigenvalue weighted by molar-refractivity contribution is 0.349. The van der Waals surface area contributed by atoms with Crippen LogP contribution in [-0.2, 0) is 6.42 Å². The molecular formula is C25H30FN5O. The van der Waals surface area contributed by atoms with Gasteiger partial charge in [-0.3, -0.25) is 10.3 Å². The van der Waals surface area contributed by atoms with Crippen LogP contribution in [0.15, 0.2) is 64.1 Å². The molecule has 32 heavy (non-hydrogen) atoms. The second-order valence-electron chi connectivity index (χ2n) is 8.33. The van der Waals surface area contributed by atoms with Gasteiger partial charge in [-0.05, 0) is 55.5 Å². The summed E-state index contributed by atoms with van der Waals surface area (Å²) >= 11 is 0. The number of aromatic nitrogens is 1. The van der Waals surface area contributed by atoms with Crippen LogP contribution in [0.5, 0.6) is 0 Å². The summed E-state index contributed by atoms with van der Waals surface area (Å²) in [5.41, 5.74) is 9.13. The number of nitrogens with one attached hydrogen (secondary N) is 1. The third-order valence-corrected chi connectivity index (χ3v) is 5.87. The number of halogens is 1. The molecule has 1 aliphatic heterocycles. The Hall–Kier alpha value is -3.19. The third kappa shape index (κ3) is 5.73. The Morgan fingerprint density at radius 2 is 1.97 bits per heavy atom. The van der Waals surface area contributed by atoms with E-state index in [9.17, 15) is 4.39 Å². The first-order chi connectivity index (χ1) is 15.6. The number of hydrogen-bond donors (Lipinski definition) is 2. The zero-order chi connectivity index (χ0) is 22.3. The van der Waals surface area contributed by atoms with Crippen LogP contribution in [0, 0.1) is 5.82 Å². The second kappa shape index (κ2) is 10.4. The van der Waals surface area contributed by atoms with E-state index < -0.39 is 0 Å². The maximum absolute atomic E-state index is 14.7. The molecule has 1 unspecified atom stereocenters. The zero-order valence-corrected chi connectivity index (χ0v) is 18.4.